The molecule has 3 aromatic rings. The summed E-state index contributed by atoms with van der Waals surface area (Å²) in [7, 11) is 0. The van der Waals surface area contributed by atoms with Crippen molar-refractivity contribution >= 4 is 11.6 Å². The van der Waals surface area contributed by atoms with Gasteiger partial charge in [0, 0.05) is 5.57 Å². The molecule has 0 heterocycles. The maximum Gasteiger partial charge on any atom is 0.225 e. The van der Waals surface area contributed by atoms with Crippen molar-refractivity contribution in [3.8, 4) is 11.5 Å². The molecule has 0 radical (unpaired) electrons. The Morgan fingerprint density at radius 1 is 0.893 bits per heavy atom. The van der Waals surface area contributed by atoms with Gasteiger partial charge in [-0.25, -0.2) is 4.99 Å². The standard InChI is InChI=1S/C25H25NO2/c1-4-21-11-9-15-24(17-21)28-25(26-22-12-6-5-7-13-22)20(3)18-27-23-14-8-10-19(2)16-23/h5-18H,4H2,1-3H3/b20-18+,26-25-. The van der Waals surface area contributed by atoms with Gasteiger partial charge >= 0.3 is 0 Å². The Morgan fingerprint density at radius 3 is 2.39 bits per heavy atom. The van der Waals surface area contributed by atoms with Crippen LogP contribution < -0.4 is 9.47 Å². The van der Waals surface area contributed by atoms with Gasteiger partial charge < -0.3 is 9.47 Å². The van der Waals surface area contributed by atoms with Gasteiger partial charge in [-0.05, 0) is 67.8 Å². The van der Waals surface area contributed by atoms with Crippen molar-refractivity contribution in [1.82, 2.24) is 0 Å². The molecule has 0 aromatic heterocycles. The second-order valence-corrected chi connectivity index (χ2v) is 6.59. The Balaban J connectivity index is 1.88. The molecule has 0 N–H and O–H groups in total. The topological polar surface area (TPSA) is 30.8 Å². The van der Waals surface area contributed by atoms with Crippen LogP contribution in [0.3, 0.4) is 0 Å². The number of aliphatic imine (C=N–C) groups is 1. The van der Waals surface area contributed by atoms with Gasteiger partial charge in [0.1, 0.15) is 11.5 Å². The Hall–Kier alpha value is -3.33. The fraction of sp³-hybridized carbons (Fsp3) is 0.160. The largest absolute Gasteiger partial charge is 0.465 e. The molecule has 0 fully saturated rings. The van der Waals surface area contributed by atoms with Gasteiger partial charge in [0.15, 0.2) is 0 Å². The summed E-state index contributed by atoms with van der Waals surface area (Å²) in [5.74, 6) is 2.05. The van der Waals surface area contributed by atoms with Crippen LogP contribution in [0.2, 0.25) is 0 Å². The van der Waals surface area contributed by atoms with Crippen LogP contribution in [0.25, 0.3) is 0 Å². The minimum atomic E-state index is 0.507. The van der Waals surface area contributed by atoms with Crippen molar-refractivity contribution < 1.29 is 9.47 Å². The summed E-state index contributed by atoms with van der Waals surface area (Å²) < 4.78 is 12.0. The lowest BCUT2D eigenvalue weighted by molar-refractivity contribution is 0.473. The van der Waals surface area contributed by atoms with Crippen LogP contribution in [0.15, 0.2) is 95.7 Å². The fourth-order valence-electron chi connectivity index (χ4n) is 2.65. The van der Waals surface area contributed by atoms with Crippen molar-refractivity contribution in [2.24, 2.45) is 4.99 Å². The second-order valence-electron chi connectivity index (χ2n) is 6.59. The first-order valence-electron chi connectivity index (χ1n) is 9.45. The van der Waals surface area contributed by atoms with E-state index in [4.69, 9.17) is 9.47 Å². The van der Waals surface area contributed by atoms with E-state index in [0.717, 1.165) is 34.7 Å². The average molecular weight is 371 g/mol. The molecule has 0 amide bonds. The van der Waals surface area contributed by atoms with Crippen molar-refractivity contribution in [3.63, 3.8) is 0 Å². The third-order valence-corrected chi connectivity index (χ3v) is 4.21. The molecular weight excluding hydrogens is 346 g/mol. The van der Waals surface area contributed by atoms with Crippen molar-refractivity contribution in [2.75, 3.05) is 0 Å². The Bertz CT molecular complexity index is 975. The van der Waals surface area contributed by atoms with Crippen LogP contribution in [0.5, 0.6) is 11.5 Å². The number of aryl methyl sites for hydroxylation is 2. The van der Waals surface area contributed by atoms with E-state index >= 15 is 0 Å². The van der Waals surface area contributed by atoms with Crippen molar-refractivity contribution in [1.29, 1.82) is 0 Å². The molecule has 0 atom stereocenters. The number of rotatable bonds is 6. The highest BCUT2D eigenvalue weighted by atomic mass is 16.5. The minimum absolute atomic E-state index is 0.507. The van der Waals surface area contributed by atoms with Gasteiger partial charge in [-0.1, -0.05) is 49.4 Å². The number of para-hydroxylation sites is 1. The van der Waals surface area contributed by atoms with E-state index in [2.05, 4.69) is 18.0 Å². The minimum Gasteiger partial charge on any atom is -0.465 e. The number of ether oxygens (including phenoxy) is 2. The lowest BCUT2D eigenvalue weighted by Crippen LogP contribution is -2.11. The number of nitrogens with zero attached hydrogens (tertiary/aromatic N) is 1. The van der Waals surface area contributed by atoms with Gasteiger partial charge in [0.25, 0.3) is 0 Å². The summed E-state index contributed by atoms with van der Waals surface area (Å²) in [4.78, 5) is 4.69. The lowest BCUT2D eigenvalue weighted by Gasteiger charge is -2.11. The Labute approximate surface area is 167 Å². The molecule has 0 saturated heterocycles. The predicted molar refractivity (Wildman–Crippen MR) is 116 cm³/mol. The summed E-state index contributed by atoms with van der Waals surface area (Å²) in [6.07, 6.45) is 2.63. The Kier molecular flexibility index (Phi) is 6.64. The molecule has 0 aliphatic heterocycles. The van der Waals surface area contributed by atoms with Crippen LogP contribution in [0.4, 0.5) is 5.69 Å². The van der Waals surface area contributed by atoms with Gasteiger partial charge in [-0.15, -0.1) is 0 Å². The normalized spacial score (nSPS) is 12.0. The smallest absolute Gasteiger partial charge is 0.225 e. The molecule has 0 aliphatic rings. The SMILES string of the molecule is CCc1cccc(OC(=N\c2ccccc2)/C(C)=C/Oc2cccc(C)c2)c1. The van der Waals surface area contributed by atoms with Gasteiger partial charge in [-0.3, -0.25) is 0 Å². The first-order valence-corrected chi connectivity index (χ1v) is 9.45. The van der Waals surface area contributed by atoms with Gasteiger partial charge in [-0.2, -0.15) is 0 Å². The van der Waals surface area contributed by atoms with E-state index in [1.165, 1.54) is 5.56 Å². The highest BCUT2D eigenvalue weighted by Gasteiger charge is 2.08. The molecule has 0 unspecified atom stereocenters. The maximum atomic E-state index is 6.14. The van der Waals surface area contributed by atoms with Crippen LogP contribution in [0, 0.1) is 6.92 Å². The lowest BCUT2D eigenvalue weighted by atomic mass is 10.2. The van der Waals surface area contributed by atoms with E-state index in [-0.39, 0.29) is 0 Å². The van der Waals surface area contributed by atoms with E-state index in [9.17, 15) is 0 Å². The van der Waals surface area contributed by atoms with Crippen LogP contribution >= 0.6 is 0 Å². The molecule has 28 heavy (non-hydrogen) atoms. The Morgan fingerprint density at radius 2 is 1.64 bits per heavy atom. The fourth-order valence-corrected chi connectivity index (χ4v) is 2.65. The molecule has 0 aliphatic carbocycles. The van der Waals surface area contributed by atoms with Crippen LogP contribution in [-0.4, -0.2) is 5.90 Å². The van der Waals surface area contributed by atoms with Crippen molar-refractivity contribution in [2.45, 2.75) is 27.2 Å². The first-order chi connectivity index (χ1) is 13.6. The molecular formula is C25H25NO2. The zero-order chi connectivity index (χ0) is 19.8. The van der Waals surface area contributed by atoms with Gasteiger partial charge in [0.05, 0.1) is 11.9 Å². The van der Waals surface area contributed by atoms with Crippen molar-refractivity contribution in [3.05, 3.63) is 102 Å². The third-order valence-electron chi connectivity index (χ3n) is 4.21. The molecule has 3 nitrogen and oxygen atoms in total. The maximum absolute atomic E-state index is 6.14. The zero-order valence-electron chi connectivity index (χ0n) is 16.6. The van der Waals surface area contributed by atoms with E-state index < -0.39 is 0 Å². The molecule has 0 spiro atoms. The van der Waals surface area contributed by atoms with Crippen LogP contribution in [0.1, 0.15) is 25.0 Å². The molecule has 0 bridgehead atoms. The van der Waals surface area contributed by atoms with E-state index in [1.807, 2.05) is 86.6 Å². The summed E-state index contributed by atoms with van der Waals surface area (Å²) in [5, 5.41) is 0. The number of hydrogen-bond donors (Lipinski definition) is 0. The van der Waals surface area contributed by atoms with Gasteiger partial charge in [0.2, 0.25) is 5.90 Å². The molecule has 3 rings (SSSR count). The average Bonchev–Trinajstić information content (AvgIpc) is 2.72. The first kappa shape index (κ1) is 19.4. The van der Waals surface area contributed by atoms with E-state index in [0.29, 0.717) is 5.90 Å². The summed E-state index contributed by atoms with van der Waals surface area (Å²) in [5.41, 5.74) is 3.99. The predicted octanol–water partition coefficient (Wildman–Crippen LogP) is 6.65. The molecule has 3 heteroatoms. The highest BCUT2D eigenvalue weighted by Crippen LogP contribution is 2.20. The zero-order valence-corrected chi connectivity index (χ0v) is 16.6. The molecule has 0 saturated carbocycles. The molecule has 3 aromatic carbocycles. The summed E-state index contributed by atoms with van der Waals surface area (Å²) in [6, 6.07) is 25.8. The summed E-state index contributed by atoms with van der Waals surface area (Å²) in [6.45, 7) is 6.09. The summed E-state index contributed by atoms with van der Waals surface area (Å²) >= 11 is 0. The van der Waals surface area contributed by atoms with Crippen LogP contribution in [-0.2, 0) is 6.42 Å². The van der Waals surface area contributed by atoms with E-state index in [1.54, 1.807) is 6.26 Å². The molecule has 142 valence electrons. The third kappa shape index (κ3) is 5.58. The second kappa shape index (κ2) is 9.56. The highest BCUT2D eigenvalue weighted by molar-refractivity contribution is 5.96. The number of hydrogen-bond acceptors (Lipinski definition) is 3. The number of benzene rings is 3. The quantitative estimate of drug-likeness (QED) is 0.276. The monoisotopic (exact) mass is 371 g/mol.